The van der Waals surface area contributed by atoms with Crippen molar-refractivity contribution in [3.8, 4) is 0 Å². The minimum absolute atomic E-state index is 0.0837. The van der Waals surface area contributed by atoms with Gasteiger partial charge in [-0.15, -0.1) is 0 Å². The number of rotatable bonds is 4. The van der Waals surface area contributed by atoms with Gasteiger partial charge < -0.3 is 5.73 Å². The summed E-state index contributed by atoms with van der Waals surface area (Å²) in [6.07, 6.45) is 1.54. The SMILES string of the molecule is C=C(C(N)=O)N(/N=C\C)c1cccc(Cl)c1. The summed E-state index contributed by atoms with van der Waals surface area (Å²) in [5.41, 5.74) is 5.87. The number of carbonyl (C=O) groups is 1. The van der Waals surface area contributed by atoms with E-state index < -0.39 is 5.91 Å². The Balaban J connectivity index is 3.12. The van der Waals surface area contributed by atoms with Crippen molar-refractivity contribution in [3.63, 3.8) is 0 Å². The van der Waals surface area contributed by atoms with Crippen molar-refractivity contribution >= 4 is 29.4 Å². The second-order valence-electron chi connectivity index (χ2n) is 2.98. The molecule has 1 rings (SSSR count). The number of hydrazone groups is 1. The molecule has 0 radical (unpaired) electrons. The van der Waals surface area contributed by atoms with Crippen LogP contribution < -0.4 is 10.7 Å². The molecule has 1 aromatic rings. The molecule has 0 atom stereocenters. The van der Waals surface area contributed by atoms with Crippen LogP contribution in [0.2, 0.25) is 5.02 Å². The van der Waals surface area contributed by atoms with E-state index in [1.54, 1.807) is 31.2 Å². The van der Waals surface area contributed by atoms with Crippen molar-refractivity contribution in [1.29, 1.82) is 0 Å². The molecule has 1 aromatic carbocycles. The Morgan fingerprint density at radius 2 is 2.31 bits per heavy atom. The van der Waals surface area contributed by atoms with E-state index in [0.717, 1.165) is 0 Å². The summed E-state index contributed by atoms with van der Waals surface area (Å²) >= 11 is 5.85. The fourth-order valence-corrected chi connectivity index (χ4v) is 1.30. The zero-order valence-corrected chi connectivity index (χ0v) is 9.61. The third kappa shape index (κ3) is 2.84. The van der Waals surface area contributed by atoms with Crippen molar-refractivity contribution in [2.75, 3.05) is 5.01 Å². The number of benzene rings is 1. The maximum Gasteiger partial charge on any atom is 0.266 e. The molecular formula is C11H12ClN3O. The van der Waals surface area contributed by atoms with Crippen LogP contribution in [-0.2, 0) is 4.79 Å². The average molecular weight is 238 g/mol. The Morgan fingerprint density at radius 3 is 2.81 bits per heavy atom. The van der Waals surface area contributed by atoms with Crippen LogP contribution in [0.4, 0.5) is 5.69 Å². The van der Waals surface area contributed by atoms with Gasteiger partial charge in [0, 0.05) is 11.2 Å². The molecule has 2 N–H and O–H groups in total. The summed E-state index contributed by atoms with van der Waals surface area (Å²) in [6, 6.07) is 6.91. The predicted octanol–water partition coefficient (Wildman–Crippen LogP) is 2.15. The minimum Gasteiger partial charge on any atom is -0.364 e. The van der Waals surface area contributed by atoms with Gasteiger partial charge >= 0.3 is 0 Å². The van der Waals surface area contributed by atoms with Gasteiger partial charge in [0.05, 0.1) is 5.69 Å². The largest absolute Gasteiger partial charge is 0.364 e. The number of hydrogen-bond acceptors (Lipinski definition) is 3. The molecule has 16 heavy (non-hydrogen) atoms. The van der Waals surface area contributed by atoms with Gasteiger partial charge in [-0.3, -0.25) is 4.79 Å². The average Bonchev–Trinajstić information content (AvgIpc) is 2.24. The van der Waals surface area contributed by atoms with Crippen molar-refractivity contribution in [2.45, 2.75) is 6.92 Å². The molecule has 5 heteroatoms. The molecule has 0 saturated heterocycles. The van der Waals surface area contributed by atoms with Crippen LogP contribution >= 0.6 is 11.6 Å². The molecule has 0 aliphatic carbocycles. The Labute approximate surface area is 99.0 Å². The first kappa shape index (κ1) is 12.3. The van der Waals surface area contributed by atoms with Crippen LogP contribution in [0.25, 0.3) is 0 Å². The highest BCUT2D eigenvalue weighted by Crippen LogP contribution is 2.22. The first-order valence-electron chi connectivity index (χ1n) is 4.59. The van der Waals surface area contributed by atoms with E-state index in [-0.39, 0.29) is 5.70 Å². The maximum absolute atomic E-state index is 11.0. The standard InChI is InChI=1S/C11H12ClN3O/c1-3-14-15(8(2)11(13)16)10-6-4-5-9(12)7-10/h3-7H,2H2,1H3,(H2,13,16)/b14-3-. The molecule has 84 valence electrons. The molecule has 4 nitrogen and oxygen atoms in total. The summed E-state index contributed by atoms with van der Waals surface area (Å²) < 4.78 is 0. The van der Waals surface area contributed by atoms with Gasteiger partial charge in [0.2, 0.25) is 0 Å². The third-order valence-corrected chi connectivity index (χ3v) is 2.06. The summed E-state index contributed by atoms with van der Waals surface area (Å²) in [4.78, 5) is 11.0. The Bertz CT molecular complexity index is 443. The lowest BCUT2D eigenvalue weighted by atomic mass is 10.3. The van der Waals surface area contributed by atoms with E-state index >= 15 is 0 Å². The third-order valence-electron chi connectivity index (χ3n) is 1.82. The number of anilines is 1. The molecule has 0 spiro atoms. The van der Waals surface area contributed by atoms with E-state index in [0.29, 0.717) is 10.7 Å². The van der Waals surface area contributed by atoms with Crippen LogP contribution in [0.5, 0.6) is 0 Å². The number of nitrogens with zero attached hydrogens (tertiary/aromatic N) is 2. The summed E-state index contributed by atoms with van der Waals surface area (Å²) in [6.45, 7) is 5.30. The molecule has 0 aliphatic rings. The van der Waals surface area contributed by atoms with E-state index in [2.05, 4.69) is 11.7 Å². The fraction of sp³-hybridized carbons (Fsp3) is 0.0909. The molecule has 1 amide bonds. The second kappa shape index (κ2) is 5.32. The molecule has 0 saturated carbocycles. The molecule has 0 aliphatic heterocycles. The topological polar surface area (TPSA) is 58.7 Å². The molecular weight excluding hydrogens is 226 g/mol. The Kier molecular flexibility index (Phi) is 4.08. The van der Waals surface area contributed by atoms with Gasteiger partial charge in [-0.05, 0) is 25.1 Å². The lowest BCUT2D eigenvalue weighted by Crippen LogP contribution is -2.26. The van der Waals surface area contributed by atoms with Gasteiger partial charge in [-0.1, -0.05) is 24.2 Å². The molecule has 0 heterocycles. The number of amides is 1. The predicted molar refractivity (Wildman–Crippen MR) is 66.4 cm³/mol. The number of carbonyl (C=O) groups excluding carboxylic acids is 1. The van der Waals surface area contributed by atoms with Crippen LogP contribution in [0.1, 0.15) is 6.92 Å². The molecule has 0 bridgehead atoms. The van der Waals surface area contributed by atoms with E-state index in [9.17, 15) is 4.79 Å². The fourth-order valence-electron chi connectivity index (χ4n) is 1.12. The maximum atomic E-state index is 11.0. The molecule has 0 fully saturated rings. The van der Waals surface area contributed by atoms with Crippen LogP contribution in [0, 0.1) is 0 Å². The summed E-state index contributed by atoms with van der Waals surface area (Å²) in [5.74, 6) is -0.634. The van der Waals surface area contributed by atoms with Gasteiger partial charge in [0.25, 0.3) is 5.91 Å². The number of primary amides is 1. The monoisotopic (exact) mass is 237 g/mol. The summed E-state index contributed by atoms with van der Waals surface area (Å²) in [7, 11) is 0. The number of halogens is 1. The van der Waals surface area contributed by atoms with Crippen LogP contribution in [0.3, 0.4) is 0 Å². The number of nitrogens with two attached hydrogens (primary N) is 1. The van der Waals surface area contributed by atoms with E-state index in [4.69, 9.17) is 17.3 Å². The highest BCUT2D eigenvalue weighted by Gasteiger charge is 2.13. The van der Waals surface area contributed by atoms with E-state index in [1.165, 1.54) is 11.2 Å². The normalized spacial score (nSPS) is 10.4. The summed E-state index contributed by atoms with van der Waals surface area (Å²) in [5, 5.41) is 5.89. The first-order valence-corrected chi connectivity index (χ1v) is 4.97. The van der Waals surface area contributed by atoms with Crippen molar-refractivity contribution in [3.05, 3.63) is 41.6 Å². The van der Waals surface area contributed by atoms with Crippen LogP contribution in [-0.4, -0.2) is 12.1 Å². The van der Waals surface area contributed by atoms with Crippen LogP contribution in [0.15, 0.2) is 41.6 Å². The first-order chi connectivity index (χ1) is 7.56. The molecule has 0 aromatic heterocycles. The van der Waals surface area contributed by atoms with Crippen molar-refractivity contribution in [2.24, 2.45) is 10.8 Å². The highest BCUT2D eigenvalue weighted by molar-refractivity contribution is 6.30. The smallest absolute Gasteiger partial charge is 0.266 e. The quantitative estimate of drug-likeness (QED) is 0.496. The van der Waals surface area contributed by atoms with Crippen molar-refractivity contribution < 1.29 is 4.79 Å². The second-order valence-corrected chi connectivity index (χ2v) is 3.41. The Morgan fingerprint density at radius 1 is 1.62 bits per heavy atom. The van der Waals surface area contributed by atoms with Crippen molar-refractivity contribution in [1.82, 2.24) is 0 Å². The Hall–Kier alpha value is -1.81. The zero-order valence-electron chi connectivity index (χ0n) is 8.85. The van der Waals surface area contributed by atoms with Gasteiger partial charge in [0.15, 0.2) is 0 Å². The zero-order chi connectivity index (χ0) is 12.1. The lowest BCUT2D eigenvalue weighted by molar-refractivity contribution is -0.114. The lowest BCUT2D eigenvalue weighted by Gasteiger charge is -2.19. The van der Waals surface area contributed by atoms with Gasteiger partial charge in [-0.25, -0.2) is 5.01 Å². The highest BCUT2D eigenvalue weighted by atomic mass is 35.5. The molecule has 0 unspecified atom stereocenters. The van der Waals surface area contributed by atoms with Gasteiger partial charge in [0.1, 0.15) is 5.70 Å². The van der Waals surface area contributed by atoms with Gasteiger partial charge in [-0.2, -0.15) is 5.10 Å². The minimum atomic E-state index is -0.634. The number of hydrogen-bond donors (Lipinski definition) is 1. The van der Waals surface area contributed by atoms with E-state index in [1.807, 2.05) is 0 Å².